The van der Waals surface area contributed by atoms with Crippen LogP contribution >= 0.6 is 11.8 Å². The summed E-state index contributed by atoms with van der Waals surface area (Å²) >= 11 is 1.11. The Morgan fingerprint density at radius 2 is 1.27 bits per heavy atom. The van der Waals surface area contributed by atoms with Crippen LogP contribution in [0.3, 0.4) is 0 Å². The summed E-state index contributed by atoms with van der Waals surface area (Å²) in [5.74, 6) is -2.25. The smallest absolute Gasteiger partial charge is 0.303 e. The second-order valence-corrected chi connectivity index (χ2v) is 5.95. The van der Waals surface area contributed by atoms with E-state index in [0.717, 1.165) is 11.8 Å². The largest absolute Gasteiger partial charge is 0.465 e. The van der Waals surface area contributed by atoms with Crippen molar-refractivity contribution in [2.75, 3.05) is 6.61 Å². The number of carbonyl (C=O) groups excluding carboxylic acids is 4. The summed E-state index contributed by atoms with van der Waals surface area (Å²) in [6, 6.07) is 0. The minimum Gasteiger partial charge on any atom is -0.465 e. The summed E-state index contributed by atoms with van der Waals surface area (Å²) in [5, 5.41) is -0.513. The maximum atomic E-state index is 11.3. The van der Waals surface area contributed by atoms with E-state index in [4.69, 9.17) is 18.9 Å². The number of thioether (sulfide) groups is 1. The molecule has 4 atom stereocenters. The monoisotopic (exact) mass is 334 g/mol. The van der Waals surface area contributed by atoms with E-state index >= 15 is 0 Å². The average Bonchev–Trinajstić information content (AvgIpc) is 2.63. The number of carbonyl (C=O) groups is 4. The molecule has 9 heteroatoms. The van der Waals surface area contributed by atoms with Crippen LogP contribution in [0.25, 0.3) is 0 Å². The van der Waals surface area contributed by atoms with Gasteiger partial charge in [0.15, 0.2) is 17.6 Å². The van der Waals surface area contributed by atoms with Crippen molar-refractivity contribution in [1.82, 2.24) is 0 Å². The van der Waals surface area contributed by atoms with Crippen LogP contribution in [0.4, 0.5) is 0 Å². The van der Waals surface area contributed by atoms with Crippen LogP contribution < -0.4 is 0 Å². The summed E-state index contributed by atoms with van der Waals surface area (Å²) < 4.78 is 20.3. The highest BCUT2D eigenvalue weighted by atomic mass is 32.2. The SMILES string of the molecule is CC(=O)OC[C@H]1SC(OC(C)=O)[C@H](OC(C)=O)[C@@H]1OC(C)=O. The highest BCUT2D eigenvalue weighted by molar-refractivity contribution is 8.00. The molecule has 1 fully saturated rings. The van der Waals surface area contributed by atoms with Gasteiger partial charge in [0.2, 0.25) is 0 Å². The van der Waals surface area contributed by atoms with Crippen molar-refractivity contribution in [3.05, 3.63) is 0 Å². The maximum Gasteiger partial charge on any atom is 0.303 e. The zero-order valence-corrected chi connectivity index (χ0v) is 13.5. The Balaban J connectivity index is 2.94. The van der Waals surface area contributed by atoms with Gasteiger partial charge in [-0.15, -0.1) is 11.8 Å². The molecule has 0 aromatic carbocycles. The van der Waals surface area contributed by atoms with Crippen molar-refractivity contribution in [3.63, 3.8) is 0 Å². The molecule has 0 radical (unpaired) electrons. The van der Waals surface area contributed by atoms with E-state index in [1.165, 1.54) is 27.7 Å². The lowest BCUT2D eigenvalue weighted by Gasteiger charge is -2.24. The first-order valence-corrected chi connectivity index (χ1v) is 7.45. The molecule has 124 valence electrons. The van der Waals surface area contributed by atoms with Crippen molar-refractivity contribution in [2.45, 2.75) is 50.6 Å². The van der Waals surface area contributed by atoms with Gasteiger partial charge < -0.3 is 18.9 Å². The second kappa shape index (κ2) is 8.02. The molecule has 0 amide bonds. The lowest BCUT2D eigenvalue weighted by atomic mass is 10.1. The van der Waals surface area contributed by atoms with Crippen molar-refractivity contribution in [1.29, 1.82) is 0 Å². The van der Waals surface area contributed by atoms with Gasteiger partial charge in [0.25, 0.3) is 0 Å². The van der Waals surface area contributed by atoms with Crippen LogP contribution in [0, 0.1) is 0 Å². The highest BCUT2D eigenvalue weighted by Crippen LogP contribution is 2.39. The Bertz CT molecular complexity index is 463. The van der Waals surface area contributed by atoms with E-state index < -0.39 is 46.8 Å². The minimum absolute atomic E-state index is 0.0620. The molecular weight excluding hydrogens is 316 g/mol. The third kappa shape index (κ3) is 5.55. The molecule has 1 heterocycles. The lowest BCUT2D eigenvalue weighted by molar-refractivity contribution is -0.173. The third-order valence-corrected chi connectivity index (χ3v) is 3.99. The third-order valence-electron chi connectivity index (χ3n) is 2.60. The Hall–Kier alpha value is -1.77. The Kier molecular flexibility index (Phi) is 6.66. The Morgan fingerprint density at radius 3 is 1.73 bits per heavy atom. The van der Waals surface area contributed by atoms with E-state index in [1.54, 1.807) is 0 Å². The molecule has 1 aliphatic heterocycles. The summed E-state index contributed by atoms with van der Waals surface area (Å²) in [7, 11) is 0. The predicted molar refractivity (Wildman–Crippen MR) is 74.7 cm³/mol. The van der Waals surface area contributed by atoms with Crippen molar-refractivity contribution in [3.8, 4) is 0 Å². The number of hydrogen-bond donors (Lipinski definition) is 0. The summed E-state index contributed by atoms with van der Waals surface area (Å²) in [4.78, 5) is 44.6. The van der Waals surface area contributed by atoms with Gasteiger partial charge in [-0.1, -0.05) is 0 Å². The van der Waals surface area contributed by atoms with Crippen LogP contribution in [0.2, 0.25) is 0 Å². The first-order chi connectivity index (χ1) is 10.2. The molecule has 0 aromatic heterocycles. The first-order valence-electron chi connectivity index (χ1n) is 6.51. The molecule has 22 heavy (non-hydrogen) atoms. The number of esters is 4. The van der Waals surface area contributed by atoms with Crippen LogP contribution in [0.1, 0.15) is 27.7 Å². The summed E-state index contributed by atoms with van der Waals surface area (Å²) in [6.07, 6.45) is -1.84. The van der Waals surface area contributed by atoms with E-state index in [2.05, 4.69) is 0 Å². The van der Waals surface area contributed by atoms with Gasteiger partial charge in [-0.05, 0) is 0 Å². The standard InChI is InChI=1S/C13H18O8S/c1-6(14)18-5-10-11(19-7(2)15)12(20-8(3)16)13(22-10)21-9(4)17/h10-13H,5H2,1-4H3/t10-,11-,12-,13?/m1/s1. The topological polar surface area (TPSA) is 105 Å². The summed E-state index contributed by atoms with van der Waals surface area (Å²) in [5.41, 5.74) is -0.841. The molecule has 1 saturated heterocycles. The Labute approximate surface area is 131 Å². The lowest BCUT2D eigenvalue weighted by Crippen LogP contribution is -2.42. The van der Waals surface area contributed by atoms with E-state index in [-0.39, 0.29) is 6.61 Å². The van der Waals surface area contributed by atoms with Crippen molar-refractivity contribution < 1.29 is 38.1 Å². The zero-order chi connectivity index (χ0) is 16.9. The van der Waals surface area contributed by atoms with Gasteiger partial charge in [0.1, 0.15) is 6.61 Å². The predicted octanol–water partition coefficient (Wildman–Crippen LogP) is 0.417. The van der Waals surface area contributed by atoms with Gasteiger partial charge in [-0.3, -0.25) is 19.2 Å². The van der Waals surface area contributed by atoms with E-state index in [9.17, 15) is 19.2 Å². The molecule has 0 aromatic rings. The molecule has 0 aliphatic carbocycles. The fourth-order valence-electron chi connectivity index (χ4n) is 1.93. The van der Waals surface area contributed by atoms with Gasteiger partial charge >= 0.3 is 23.9 Å². The van der Waals surface area contributed by atoms with E-state index in [1.807, 2.05) is 0 Å². The van der Waals surface area contributed by atoms with Gasteiger partial charge in [-0.2, -0.15) is 0 Å². The molecule has 1 unspecified atom stereocenters. The normalized spacial score (nSPS) is 26.9. The zero-order valence-electron chi connectivity index (χ0n) is 12.7. The van der Waals surface area contributed by atoms with Crippen LogP contribution in [-0.4, -0.2) is 53.4 Å². The fraction of sp³-hybridized carbons (Fsp3) is 0.692. The van der Waals surface area contributed by atoms with Gasteiger partial charge in [0, 0.05) is 27.7 Å². The Morgan fingerprint density at radius 1 is 0.773 bits per heavy atom. The molecular formula is C13H18O8S. The first kappa shape index (κ1) is 18.3. The molecule has 1 rings (SSSR count). The molecule has 1 aliphatic rings. The average molecular weight is 334 g/mol. The molecule has 0 saturated carbocycles. The van der Waals surface area contributed by atoms with Gasteiger partial charge in [0.05, 0.1) is 5.25 Å². The molecule has 8 nitrogen and oxygen atoms in total. The van der Waals surface area contributed by atoms with Crippen LogP contribution in [0.15, 0.2) is 0 Å². The number of hydrogen-bond acceptors (Lipinski definition) is 9. The fourth-order valence-corrected chi connectivity index (χ4v) is 3.35. The highest BCUT2D eigenvalue weighted by Gasteiger charge is 2.50. The van der Waals surface area contributed by atoms with E-state index in [0.29, 0.717) is 0 Å². The quantitative estimate of drug-likeness (QED) is 0.522. The van der Waals surface area contributed by atoms with Crippen molar-refractivity contribution >= 4 is 35.6 Å². The number of rotatable bonds is 5. The molecule has 0 spiro atoms. The molecule has 0 bridgehead atoms. The maximum absolute atomic E-state index is 11.3. The minimum atomic E-state index is -0.962. The van der Waals surface area contributed by atoms with Crippen LogP contribution in [0.5, 0.6) is 0 Å². The molecule has 0 N–H and O–H groups in total. The van der Waals surface area contributed by atoms with Gasteiger partial charge in [-0.25, -0.2) is 0 Å². The summed E-state index contributed by atoms with van der Waals surface area (Å²) in [6.45, 7) is 4.80. The number of ether oxygens (including phenoxy) is 4. The second-order valence-electron chi connectivity index (χ2n) is 4.60. The van der Waals surface area contributed by atoms with Crippen LogP contribution in [-0.2, 0) is 38.1 Å². The van der Waals surface area contributed by atoms with Crippen molar-refractivity contribution in [2.24, 2.45) is 0 Å².